The van der Waals surface area contributed by atoms with Crippen molar-refractivity contribution in [3.63, 3.8) is 0 Å². The lowest BCUT2D eigenvalue weighted by Gasteiger charge is -2.34. The average molecular weight is 422 g/mol. The number of carbonyl (C=O) groups is 2. The summed E-state index contributed by atoms with van der Waals surface area (Å²) in [6.45, 7) is 3.69. The molecule has 3 rings (SSSR count). The Labute approximate surface area is 159 Å². The maximum Gasteiger partial charge on any atom is 0.263 e. The molecule has 5 nitrogen and oxygen atoms in total. The average Bonchev–Trinajstić information content (AvgIpc) is 3.18. The monoisotopic (exact) mass is 421 g/mol. The van der Waals surface area contributed by atoms with Gasteiger partial charge >= 0.3 is 0 Å². The molecule has 2 aromatic rings. The lowest BCUT2D eigenvalue weighted by molar-refractivity contribution is -0.123. The Bertz CT molecular complexity index is 733. The number of carbonyl (C=O) groups excluding carboxylic acids is 2. The summed E-state index contributed by atoms with van der Waals surface area (Å²) in [4.78, 5) is 34.2. The van der Waals surface area contributed by atoms with Gasteiger partial charge in [0, 0.05) is 30.3 Å². The molecule has 0 N–H and O–H groups in total. The third-order valence-electron chi connectivity index (χ3n) is 4.36. The summed E-state index contributed by atoms with van der Waals surface area (Å²) in [6.07, 6.45) is 3.34. The van der Waals surface area contributed by atoms with E-state index in [0.29, 0.717) is 25.5 Å². The fourth-order valence-corrected chi connectivity index (χ4v) is 4.02. The van der Waals surface area contributed by atoms with Crippen molar-refractivity contribution in [1.82, 2.24) is 9.88 Å². The smallest absolute Gasteiger partial charge is 0.263 e. The number of piperidine rings is 1. The molecule has 7 heteroatoms. The highest BCUT2D eigenvalue weighted by Crippen LogP contribution is 2.24. The van der Waals surface area contributed by atoms with Gasteiger partial charge in [-0.2, -0.15) is 0 Å². The molecule has 25 heavy (non-hydrogen) atoms. The predicted molar refractivity (Wildman–Crippen MR) is 103 cm³/mol. The van der Waals surface area contributed by atoms with E-state index in [0.717, 1.165) is 22.2 Å². The molecule has 132 valence electrons. The zero-order valence-electron chi connectivity index (χ0n) is 14.0. The summed E-state index contributed by atoms with van der Waals surface area (Å²) in [5.74, 6) is 0.541. The maximum absolute atomic E-state index is 13.0. The summed E-state index contributed by atoms with van der Waals surface area (Å²) >= 11 is 4.81. The van der Waals surface area contributed by atoms with Crippen LogP contribution >= 0.6 is 27.3 Å². The zero-order valence-corrected chi connectivity index (χ0v) is 16.4. The van der Waals surface area contributed by atoms with Crippen LogP contribution in [0.15, 0.2) is 40.3 Å². The summed E-state index contributed by atoms with van der Waals surface area (Å²) in [5, 5.41) is 1.90. The number of hydrogen-bond acceptors (Lipinski definition) is 4. The third kappa shape index (κ3) is 4.10. The van der Waals surface area contributed by atoms with Crippen molar-refractivity contribution in [3.8, 4) is 0 Å². The molecular formula is C18H20BrN3O2S. The van der Waals surface area contributed by atoms with E-state index in [4.69, 9.17) is 0 Å². The standard InChI is InChI=1S/C18H20BrN3O2S/c1-2-22(16-8-7-14(19)11-20-16)17(23)13-5-3-9-21(12-13)18(24)15-6-4-10-25-15/h4,6-8,10-11,13H,2-3,5,9,12H2,1H3. The topological polar surface area (TPSA) is 53.5 Å². The first-order valence-corrected chi connectivity index (χ1v) is 10.0. The molecule has 0 aliphatic carbocycles. The van der Waals surface area contributed by atoms with Gasteiger partial charge in [0.25, 0.3) is 5.91 Å². The van der Waals surface area contributed by atoms with Gasteiger partial charge in [0.1, 0.15) is 5.82 Å². The van der Waals surface area contributed by atoms with E-state index in [2.05, 4.69) is 20.9 Å². The molecule has 0 saturated carbocycles. The van der Waals surface area contributed by atoms with E-state index < -0.39 is 0 Å². The first-order valence-electron chi connectivity index (χ1n) is 8.36. The molecule has 1 atom stereocenters. The quantitative estimate of drug-likeness (QED) is 0.753. The van der Waals surface area contributed by atoms with Crippen LogP contribution in [0, 0.1) is 5.92 Å². The highest BCUT2D eigenvalue weighted by molar-refractivity contribution is 9.10. The Hall–Kier alpha value is -1.73. The molecule has 2 aromatic heterocycles. The fraction of sp³-hybridized carbons (Fsp3) is 0.389. The normalized spacial score (nSPS) is 17.4. The van der Waals surface area contributed by atoms with Gasteiger partial charge in [0.2, 0.25) is 5.91 Å². The molecule has 1 aliphatic heterocycles. The first kappa shape index (κ1) is 18.1. The van der Waals surface area contributed by atoms with Crippen LogP contribution in [0.4, 0.5) is 5.82 Å². The maximum atomic E-state index is 13.0. The van der Waals surface area contributed by atoms with Crippen LogP contribution in [-0.2, 0) is 4.79 Å². The molecule has 3 heterocycles. The van der Waals surface area contributed by atoms with Crippen LogP contribution in [0.1, 0.15) is 29.4 Å². The van der Waals surface area contributed by atoms with Gasteiger partial charge in [-0.25, -0.2) is 4.98 Å². The number of nitrogens with zero attached hydrogens (tertiary/aromatic N) is 3. The number of thiophene rings is 1. The summed E-state index contributed by atoms with van der Waals surface area (Å²) in [6, 6.07) is 7.43. The largest absolute Gasteiger partial charge is 0.337 e. The molecule has 1 aliphatic rings. The molecule has 0 aromatic carbocycles. The first-order chi connectivity index (χ1) is 12.1. The molecule has 1 fully saturated rings. The molecule has 0 radical (unpaired) electrons. The zero-order chi connectivity index (χ0) is 17.8. The number of rotatable bonds is 4. The number of aromatic nitrogens is 1. The van der Waals surface area contributed by atoms with Crippen molar-refractivity contribution in [2.45, 2.75) is 19.8 Å². The van der Waals surface area contributed by atoms with Crippen molar-refractivity contribution in [2.75, 3.05) is 24.5 Å². The van der Waals surface area contributed by atoms with E-state index >= 15 is 0 Å². The number of amides is 2. The van der Waals surface area contributed by atoms with Crippen LogP contribution in [0.25, 0.3) is 0 Å². The molecule has 0 spiro atoms. The van der Waals surface area contributed by atoms with Gasteiger partial charge in [-0.1, -0.05) is 6.07 Å². The highest BCUT2D eigenvalue weighted by atomic mass is 79.9. The summed E-state index contributed by atoms with van der Waals surface area (Å²) in [5.41, 5.74) is 0. The Kier molecular flexibility index (Phi) is 5.86. The number of hydrogen-bond donors (Lipinski definition) is 0. The van der Waals surface area contributed by atoms with E-state index in [9.17, 15) is 9.59 Å². The van der Waals surface area contributed by atoms with E-state index in [1.165, 1.54) is 11.3 Å². The Balaban J connectivity index is 1.72. The van der Waals surface area contributed by atoms with Crippen molar-refractivity contribution in [1.29, 1.82) is 0 Å². The second-order valence-corrected chi connectivity index (χ2v) is 7.85. The minimum atomic E-state index is -0.178. The van der Waals surface area contributed by atoms with Crippen molar-refractivity contribution in [3.05, 3.63) is 45.2 Å². The Morgan fingerprint density at radius 1 is 1.40 bits per heavy atom. The van der Waals surface area contributed by atoms with E-state index in [1.54, 1.807) is 16.0 Å². The highest BCUT2D eigenvalue weighted by Gasteiger charge is 2.32. The van der Waals surface area contributed by atoms with Crippen LogP contribution in [-0.4, -0.2) is 41.3 Å². The van der Waals surface area contributed by atoms with Gasteiger partial charge < -0.3 is 4.90 Å². The minimum absolute atomic E-state index is 0.0253. The molecule has 1 unspecified atom stereocenters. The van der Waals surface area contributed by atoms with Gasteiger partial charge in [-0.05, 0) is 59.3 Å². The summed E-state index contributed by atoms with van der Waals surface area (Å²) < 4.78 is 0.880. The Morgan fingerprint density at radius 2 is 2.24 bits per heavy atom. The van der Waals surface area contributed by atoms with E-state index in [1.807, 2.05) is 36.6 Å². The van der Waals surface area contributed by atoms with Gasteiger partial charge in [0.05, 0.1) is 10.8 Å². The molecular weight excluding hydrogens is 402 g/mol. The number of halogens is 1. The third-order valence-corrected chi connectivity index (χ3v) is 5.69. The van der Waals surface area contributed by atoms with Crippen LogP contribution in [0.5, 0.6) is 0 Å². The number of anilines is 1. The van der Waals surface area contributed by atoms with Gasteiger partial charge in [0.15, 0.2) is 0 Å². The van der Waals surface area contributed by atoms with Crippen LogP contribution in [0.3, 0.4) is 0 Å². The predicted octanol–water partition coefficient (Wildman–Crippen LogP) is 3.81. The second kappa shape index (κ2) is 8.10. The molecule has 1 saturated heterocycles. The van der Waals surface area contributed by atoms with Gasteiger partial charge in [-0.15, -0.1) is 11.3 Å². The van der Waals surface area contributed by atoms with E-state index in [-0.39, 0.29) is 17.7 Å². The van der Waals surface area contributed by atoms with Crippen molar-refractivity contribution in [2.24, 2.45) is 5.92 Å². The fourth-order valence-electron chi connectivity index (χ4n) is 3.10. The second-order valence-electron chi connectivity index (χ2n) is 5.98. The SMILES string of the molecule is CCN(C(=O)C1CCCN(C(=O)c2cccs2)C1)c1ccc(Br)cn1. The van der Waals surface area contributed by atoms with Crippen molar-refractivity contribution < 1.29 is 9.59 Å². The molecule has 0 bridgehead atoms. The summed E-state index contributed by atoms with van der Waals surface area (Å²) in [7, 11) is 0. The minimum Gasteiger partial charge on any atom is -0.337 e. The lowest BCUT2D eigenvalue weighted by Crippen LogP contribution is -2.47. The molecule has 2 amide bonds. The Morgan fingerprint density at radius 3 is 2.88 bits per heavy atom. The lowest BCUT2D eigenvalue weighted by atomic mass is 9.96. The van der Waals surface area contributed by atoms with Crippen LogP contribution < -0.4 is 4.90 Å². The number of pyridine rings is 1. The van der Waals surface area contributed by atoms with Crippen molar-refractivity contribution >= 4 is 44.9 Å². The van der Waals surface area contributed by atoms with Gasteiger partial charge in [-0.3, -0.25) is 14.5 Å². The van der Waals surface area contributed by atoms with Crippen LogP contribution in [0.2, 0.25) is 0 Å². The number of likely N-dealkylation sites (tertiary alicyclic amines) is 1.